The third-order valence-electron chi connectivity index (χ3n) is 5.44. The van der Waals surface area contributed by atoms with Gasteiger partial charge in [0.1, 0.15) is 6.04 Å². The summed E-state index contributed by atoms with van der Waals surface area (Å²) in [5, 5.41) is 15.5. The number of carbonyl (C=O) groups excluding carboxylic acids is 1. The monoisotopic (exact) mass is 481 g/mol. The second-order valence-electron chi connectivity index (χ2n) is 8.92. The Bertz CT molecular complexity index is 1260. The number of carbonyl (C=O) groups is 1. The van der Waals surface area contributed by atoms with Gasteiger partial charge in [0, 0.05) is 47.7 Å². The van der Waals surface area contributed by atoms with Gasteiger partial charge in [-0.1, -0.05) is 48.8 Å². The molecule has 0 bridgehead atoms. The summed E-state index contributed by atoms with van der Waals surface area (Å²) in [5.74, 6) is 5.70. The molecular weight excluding hydrogens is 450 g/mol. The Morgan fingerprint density at radius 3 is 2.17 bits per heavy atom. The molecule has 0 aliphatic carbocycles. The second-order valence-corrected chi connectivity index (χ2v) is 8.92. The molecule has 184 valence electrons. The average Bonchev–Trinajstić information content (AvgIpc) is 2.89. The predicted octanol–water partition coefficient (Wildman–Crippen LogP) is 3.10. The van der Waals surface area contributed by atoms with Gasteiger partial charge in [-0.15, -0.1) is 5.73 Å². The van der Waals surface area contributed by atoms with Gasteiger partial charge in [0.2, 0.25) is 0 Å². The number of nitrogens with two attached hydrogens (primary N) is 1. The first kappa shape index (κ1) is 26.4. The van der Waals surface area contributed by atoms with Crippen LogP contribution in [0.1, 0.15) is 41.7 Å². The van der Waals surface area contributed by atoms with Crippen LogP contribution in [0.3, 0.4) is 0 Å². The number of hydrogen-bond acceptors (Lipinski definition) is 6. The van der Waals surface area contributed by atoms with E-state index in [-0.39, 0.29) is 0 Å². The zero-order valence-corrected chi connectivity index (χ0v) is 20.5. The SMILES string of the molecule is C=C=C(N[C@H](C(=O)NO)C(C)(C)N)c1ccc(C#Cc2ccc(CNCc3cccnc3)cc2)cc1. The van der Waals surface area contributed by atoms with Crippen LogP contribution in [-0.2, 0) is 17.9 Å². The summed E-state index contributed by atoms with van der Waals surface area (Å²) in [6.07, 6.45) is 3.63. The van der Waals surface area contributed by atoms with E-state index < -0.39 is 17.5 Å². The van der Waals surface area contributed by atoms with Gasteiger partial charge in [0.25, 0.3) is 5.91 Å². The summed E-state index contributed by atoms with van der Waals surface area (Å²) in [4.78, 5) is 16.2. The first-order chi connectivity index (χ1) is 17.3. The number of aromatic nitrogens is 1. The van der Waals surface area contributed by atoms with Crippen molar-refractivity contribution in [3.63, 3.8) is 0 Å². The Kier molecular flexibility index (Phi) is 9.18. The number of rotatable bonds is 9. The van der Waals surface area contributed by atoms with Crippen molar-refractivity contribution < 1.29 is 10.0 Å². The van der Waals surface area contributed by atoms with E-state index in [9.17, 15) is 4.79 Å². The lowest BCUT2D eigenvalue weighted by atomic mass is 9.94. The van der Waals surface area contributed by atoms with Crippen molar-refractivity contribution in [1.82, 2.24) is 21.1 Å². The molecule has 0 spiro atoms. The second kappa shape index (κ2) is 12.5. The minimum Gasteiger partial charge on any atom is -0.365 e. The molecule has 0 saturated heterocycles. The Labute approximate surface area is 212 Å². The van der Waals surface area contributed by atoms with Crippen molar-refractivity contribution in [3.8, 4) is 11.8 Å². The lowest BCUT2D eigenvalue weighted by Gasteiger charge is -2.30. The highest BCUT2D eigenvalue weighted by Gasteiger charge is 2.32. The third kappa shape index (κ3) is 7.67. The van der Waals surface area contributed by atoms with E-state index in [2.05, 4.69) is 51.9 Å². The van der Waals surface area contributed by atoms with Crippen LogP contribution in [0.5, 0.6) is 0 Å². The molecule has 0 saturated carbocycles. The maximum absolute atomic E-state index is 12.1. The Hall–Kier alpha value is -4.18. The predicted molar refractivity (Wildman–Crippen MR) is 141 cm³/mol. The molecule has 36 heavy (non-hydrogen) atoms. The number of nitrogens with one attached hydrogen (secondary N) is 3. The molecule has 0 aliphatic rings. The van der Waals surface area contributed by atoms with Crippen LogP contribution in [0.4, 0.5) is 0 Å². The van der Waals surface area contributed by atoms with Crippen LogP contribution in [0, 0.1) is 11.8 Å². The fraction of sp³-hybridized carbons (Fsp3) is 0.207. The number of hydroxylamine groups is 1. The van der Waals surface area contributed by atoms with Crippen LogP contribution in [-0.4, -0.2) is 27.7 Å². The van der Waals surface area contributed by atoms with Gasteiger partial charge >= 0.3 is 0 Å². The molecule has 6 N–H and O–H groups in total. The van der Waals surface area contributed by atoms with Crippen LogP contribution >= 0.6 is 0 Å². The minimum atomic E-state index is -0.939. The van der Waals surface area contributed by atoms with Crippen LogP contribution in [0.15, 0.2) is 85.4 Å². The zero-order chi connectivity index (χ0) is 26.0. The quantitative estimate of drug-likeness (QED) is 0.139. The molecule has 1 heterocycles. The molecule has 1 amide bonds. The fourth-order valence-corrected chi connectivity index (χ4v) is 3.46. The first-order valence-corrected chi connectivity index (χ1v) is 11.5. The van der Waals surface area contributed by atoms with E-state index in [0.29, 0.717) is 5.70 Å². The number of pyridine rings is 1. The average molecular weight is 482 g/mol. The van der Waals surface area contributed by atoms with E-state index in [1.54, 1.807) is 25.5 Å². The minimum absolute atomic E-state index is 0.495. The summed E-state index contributed by atoms with van der Waals surface area (Å²) in [5.41, 5.74) is 15.0. The molecule has 7 heteroatoms. The van der Waals surface area contributed by atoms with Crippen molar-refractivity contribution in [2.45, 2.75) is 38.5 Å². The van der Waals surface area contributed by atoms with Gasteiger partial charge in [0.15, 0.2) is 0 Å². The number of nitrogens with zero attached hydrogens (tertiary/aromatic N) is 1. The van der Waals surface area contributed by atoms with Crippen LogP contribution in [0.2, 0.25) is 0 Å². The van der Waals surface area contributed by atoms with E-state index in [1.807, 2.05) is 54.7 Å². The van der Waals surface area contributed by atoms with Gasteiger partial charge in [-0.25, -0.2) is 5.48 Å². The maximum atomic E-state index is 12.1. The van der Waals surface area contributed by atoms with Gasteiger partial charge < -0.3 is 16.4 Å². The summed E-state index contributed by atoms with van der Waals surface area (Å²) in [6.45, 7) is 8.60. The van der Waals surface area contributed by atoms with Gasteiger partial charge in [-0.05, 0) is 55.3 Å². The van der Waals surface area contributed by atoms with E-state index in [4.69, 9.17) is 10.9 Å². The standard InChI is InChI=1S/C29H31N5O2/c1-4-26(33-27(28(35)34-36)29(2,3)30)25-15-13-22(14-16-25)8-7-21-9-11-23(12-10-21)18-32-20-24-6-5-17-31-19-24/h5-6,9-17,19,27,32-33,36H,1,18,20,30H2,2-3H3,(H,34,35)/t27-/m1/s1. The van der Waals surface area contributed by atoms with Crippen molar-refractivity contribution in [2.24, 2.45) is 5.73 Å². The largest absolute Gasteiger partial charge is 0.365 e. The smallest absolute Gasteiger partial charge is 0.267 e. The molecular formula is C29H31N5O2. The molecule has 0 aliphatic heterocycles. The number of amides is 1. The van der Waals surface area contributed by atoms with Gasteiger partial charge in [0.05, 0.1) is 5.70 Å². The number of hydrogen-bond donors (Lipinski definition) is 5. The highest BCUT2D eigenvalue weighted by atomic mass is 16.5. The Morgan fingerprint density at radius 2 is 1.64 bits per heavy atom. The summed E-state index contributed by atoms with van der Waals surface area (Å²) < 4.78 is 0. The zero-order valence-electron chi connectivity index (χ0n) is 20.5. The van der Waals surface area contributed by atoms with Crippen molar-refractivity contribution in [3.05, 3.63) is 113 Å². The normalized spacial score (nSPS) is 11.4. The summed E-state index contributed by atoms with van der Waals surface area (Å²) >= 11 is 0. The summed E-state index contributed by atoms with van der Waals surface area (Å²) in [6, 6.07) is 18.7. The molecule has 3 aromatic rings. The van der Waals surface area contributed by atoms with E-state index in [0.717, 1.165) is 35.3 Å². The Balaban J connectivity index is 1.60. The van der Waals surface area contributed by atoms with Gasteiger partial charge in [-0.3, -0.25) is 15.0 Å². The van der Waals surface area contributed by atoms with Crippen LogP contribution < -0.4 is 21.8 Å². The molecule has 0 radical (unpaired) electrons. The number of benzene rings is 2. The van der Waals surface area contributed by atoms with E-state index >= 15 is 0 Å². The summed E-state index contributed by atoms with van der Waals surface area (Å²) in [7, 11) is 0. The topological polar surface area (TPSA) is 112 Å². The molecule has 2 aromatic carbocycles. The molecule has 3 rings (SSSR count). The Morgan fingerprint density at radius 1 is 1.03 bits per heavy atom. The van der Waals surface area contributed by atoms with Crippen molar-refractivity contribution in [2.75, 3.05) is 0 Å². The molecule has 7 nitrogen and oxygen atoms in total. The molecule has 0 fully saturated rings. The third-order valence-corrected chi connectivity index (χ3v) is 5.44. The highest BCUT2D eigenvalue weighted by molar-refractivity contribution is 5.84. The molecule has 0 unspecified atom stereocenters. The maximum Gasteiger partial charge on any atom is 0.267 e. The highest BCUT2D eigenvalue weighted by Crippen LogP contribution is 2.16. The molecule has 1 atom stereocenters. The molecule has 1 aromatic heterocycles. The van der Waals surface area contributed by atoms with Crippen molar-refractivity contribution in [1.29, 1.82) is 0 Å². The lowest BCUT2D eigenvalue weighted by Crippen LogP contribution is -2.59. The van der Waals surface area contributed by atoms with Crippen molar-refractivity contribution >= 4 is 11.6 Å². The van der Waals surface area contributed by atoms with Gasteiger partial charge in [-0.2, -0.15) is 0 Å². The lowest BCUT2D eigenvalue weighted by molar-refractivity contribution is -0.132. The first-order valence-electron chi connectivity index (χ1n) is 11.5. The van der Waals surface area contributed by atoms with E-state index in [1.165, 1.54) is 5.56 Å². The fourth-order valence-electron chi connectivity index (χ4n) is 3.46. The van der Waals surface area contributed by atoms with Crippen LogP contribution in [0.25, 0.3) is 5.70 Å².